The number of fused-ring (bicyclic) bond motifs is 8. The molecule has 0 radical (unpaired) electrons. The van der Waals surface area contributed by atoms with Gasteiger partial charge in [0.2, 0.25) is 11.0 Å². The maximum absolute atomic E-state index is 9.29. The van der Waals surface area contributed by atoms with Gasteiger partial charge in [-0.15, -0.1) is 9.97 Å². The number of para-hydroxylation sites is 2. The SMILES string of the molecule is [C-]#[N+]c1nc2c3nc(C#N)c(C#N)nc3c3nc(C#N)c(C#N)nc3c2nc1[N+]#[C-].c1ccc(N(c2ccc(-c3ccc(N(c4ccccc4)c4cccc5ccccc45)cc3)cc2)c2cccc3ccccc23)cc1. The van der Waals surface area contributed by atoms with Crippen molar-refractivity contribution in [2.24, 2.45) is 0 Å². The molecule has 76 heavy (non-hydrogen) atoms. The Labute approximate surface area is 434 Å². The molecule has 14 nitrogen and oxygen atoms in total. The monoisotopic (exact) mass is 972 g/mol. The first-order valence-corrected chi connectivity index (χ1v) is 23.4. The Balaban J connectivity index is 0.000000178. The highest BCUT2D eigenvalue weighted by molar-refractivity contribution is 6.19. The predicted octanol–water partition coefficient (Wildman–Crippen LogP) is 14.7. The van der Waals surface area contributed by atoms with Gasteiger partial charge in [-0.2, -0.15) is 21.0 Å². The summed E-state index contributed by atoms with van der Waals surface area (Å²) in [5.74, 6) is -0.602. The van der Waals surface area contributed by atoms with Crippen molar-refractivity contribution in [2.75, 3.05) is 9.80 Å². The van der Waals surface area contributed by atoms with Crippen molar-refractivity contribution in [3.8, 4) is 35.4 Å². The number of nitrogens with zero attached hydrogens (tertiary/aromatic N) is 14. The molecular weight excluding hydrogens is 941 g/mol. The Morgan fingerprint density at radius 2 is 0.605 bits per heavy atom. The second-order valence-corrected chi connectivity index (χ2v) is 16.9. The largest absolute Gasteiger partial charge is 0.370 e. The minimum atomic E-state index is -0.301. The van der Waals surface area contributed by atoms with Gasteiger partial charge in [-0.3, -0.25) is 0 Å². The van der Waals surface area contributed by atoms with Gasteiger partial charge < -0.3 is 19.5 Å². The lowest BCUT2D eigenvalue weighted by Crippen LogP contribution is -2.10. The number of rotatable bonds is 7. The zero-order valence-corrected chi connectivity index (χ0v) is 39.7. The summed E-state index contributed by atoms with van der Waals surface area (Å²) in [6.45, 7) is 14.5. The molecule has 0 saturated heterocycles. The minimum Gasteiger partial charge on any atom is -0.370 e. The molecule has 350 valence electrons. The lowest BCUT2D eigenvalue weighted by atomic mass is 10.0. The molecule has 3 heterocycles. The summed E-state index contributed by atoms with van der Waals surface area (Å²) in [6.07, 6.45) is 0. The average molecular weight is 973 g/mol. The Morgan fingerprint density at radius 1 is 0.316 bits per heavy atom. The van der Waals surface area contributed by atoms with Crippen LogP contribution in [0, 0.1) is 58.5 Å². The zero-order valence-electron chi connectivity index (χ0n) is 39.7. The number of benzene rings is 9. The average Bonchev–Trinajstić information content (AvgIpc) is 3.50. The molecular formula is C62H32N14. The zero-order chi connectivity index (χ0) is 52.1. The van der Waals surface area contributed by atoms with Gasteiger partial charge in [-0.05, 0) is 82.6 Å². The lowest BCUT2D eigenvalue weighted by Gasteiger charge is -2.27. The highest BCUT2D eigenvalue weighted by atomic mass is 15.1. The Kier molecular flexibility index (Phi) is 12.3. The molecule has 0 spiro atoms. The molecule has 0 aliphatic rings. The molecule has 12 rings (SSSR count). The summed E-state index contributed by atoms with van der Waals surface area (Å²) in [7, 11) is 0. The Bertz CT molecular complexity index is 4010. The number of aromatic nitrogens is 6. The molecule has 9 aromatic carbocycles. The van der Waals surface area contributed by atoms with Crippen molar-refractivity contribution in [1.29, 1.82) is 21.0 Å². The highest BCUT2D eigenvalue weighted by Gasteiger charge is 2.27. The fraction of sp³-hybridized carbons (Fsp3) is 0. The van der Waals surface area contributed by atoms with Crippen LogP contribution in [0.1, 0.15) is 22.8 Å². The van der Waals surface area contributed by atoms with Gasteiger partial charge in [-0.1, -0.05) is 147 Å². The molecule has 0 N–H and O–H groups in total. The number of hydrogen-bond donors (Lipinski definition) is 0. The van der Waals surface area contributed by atoms with E-state index in [9.17, 15) is 21.0 Å². The molecule has 0 atom stereocenters. The first-order valence-electron chi connectivity index (χ1n) is 23.4. The van der Waals surface area contributed by atoms with Crippen LogP contribution >= 0.6 is 0 Å². The molecule has 0 saturated carbocycles. The first-order chi connectivity index (χ1) is 37.4. The van der Waals surface area contributed by atoms with Crippen molar-refractivity contribution in [2.45, 2.75) is 0 Å². The van der Waals surface area contributed by atoms with Crippen LogP contribution in [0.5, 0.6) is 0 Å². The van der Waals surface area contributed by atoms with Crippen LogP contribution in [-0.4, -0.2) is 29.9 Å². The van der Waals surface area contributed by atoms with Crippen molar-refractivity contribution in [1.82, 2.24) is 29.9 Å². The van der Waals surface area contributed by atoms with Crippen LogP contribution in [0.3, 0.4) is 0 Å². The molecule has 12 aromatic rings. The molecule has 0 aliphatic heterocycles. The van der Waals surface area contributed by atoms with E-state index < -0.39 is 0 Å². The van der Waals surface area contributed by atoms with E-state index in [2.05, 4.69) is 244 Å². The van der Waals surface area contributed by atoms with Gasteiger partial charge in [0.05, 0.1) is 11.4 Å². The van der Waals surface area contributed by atoms with Crippen LogP contribution in [0.4, 0.5) is 45.8 Å². The summed E-state index contributed by atoms with van der Waals surface area (Å²) >= 11 is 0. The minimum absolute atomic E-state index is 0.00714. The first kappa shape index (κ1) is 46.4. The van der Waals surface area contributed by atoms with Gasteiger partial charge in [-0.25, -0.2) is 19.9 Å². The van der Waals surface area contributed by atoms with E-state index >= 15 is 0 Å². The quantitative estimate of drug-likeness (QED) is 0.109. The van der Waals surface area contributed by atoms with Crippen LogP contribution < -0.4 is 9.80 Å². The Morgan fingerprint density at radius 3 is 0.934 bits per heavy atom. The topological polar surface area (TPSA) is 188 Å². The van der Waals surface area contributed by atoms with E-state index in [1.807, 2.05) is 0 Å². The van der Waals surface area contributed by atoms with E-state index in [0.29, 0.717) is 0 Å². The number of anilines is 6. The normalized spacial score (nSPS) is 10.6. The molecule has 0 bridgehead atoms. The van der Waals surface area contributed by atoms with Gasteiger partial charge >= 0.3 is 0 Å². The second kappa shape index (κ2) is 20.1. The van der Waals surface area contributed by atoms with E-state index in [1.54, 1.807) is 24.3 Å². The third kappa shape index (κ3) is 8.39. The van der Waals surface area contributed by atoms with Crippen LogP contribution in [0.25, 0.3) is 75.5 Å². The van der Waals surface area contributed by atoms with Crippen LogP contribution in [0.15, 0.2) is 194 Å². The van der Waals surface area contributed by atoms with E-state index in [4.69, 9.17) is 13.1 Å². The second-order valence-electron chi connectivity index (χ2n) is 16.9. The molecule has 3 aromatic heterocycles. The molecule has 0 amide bonds. The third-order valence-electron chi connectivity index (χ3n) is 12.6. The van der Waals surface area contributed by atoms with Crippen molar-refractivity contribution >= 4 is 100 Å². The fourth-order valence-electron chi connectivity index (χ4n) is 9.16. The summed E-state index contributed by atoms with van der Waals surface area (Å²) < 4.78 is 0. The molecule has 0 unspecified atom stereocenters. The fourth-order valence-corrected chi connectivity index (χ4v) is 9.16. The summed E-state index contributed by atoms with van der Waals surface area (Å²) in [5, 5.41) is 42.1. The van der Waals surface area contributed by atoms with Crippen molar-refractivity contribution < 1.29 is 0 Å². The standard InChI is InChI=1S/C44H32N2.C18N12/c1-3-17-37(18-4-1)45(43-23-11-15-35-13-7-9-21-41(35)43)39-29-25-33(26-30-39)34-27-31-40(32-28-34)46(38-19-5-2-6-20-38)44-24-12-16-36-14-8-10-22-42(36)44;1-23-17-18(24-2)30-16-14-12(26-8(4-20)10(6-22)28-14)11-13(15(16)29-17)27-9(5-21)7(3-19)25-11/h1-32H;. The third-order valence-corrected chi connectivity index (χ3v) is 12.6. The van der Waals surface area contributed by atoms with Crippen LogP contribution in [0.2, 0.25) is 0 Å². The number of hydrogen-bond acceptors (Lipinski definition) is 12. The van der Waals surface area contributed by atoms with Gasteiger partial charge in [0.15, 0.2) is 22.8 Å². The van der Waals surface area contributed by atoms with Gasteiger partial charge in [0.25, 0.3) is 11.6 Å². The maximum Gasteiger partial charge on any atom is 0.294 e. The van der Waals surface area contributed by atoms with Crippen LogP contribution in [-0.2, 0) is 0 Å². The summed E-state index contributed by atoms with van der Waals surface area (Å²) in [6, 6.07) is 76.3. The lowest BCUT2D eigenvalue weighted by molar-refractivity contribution is 1.17. The molecule has 0 fully saturated rings. The highest BCUT2D eigenvalue weighted by Crippen LogP contribution is 2.42. The molecule has 0 aliphatic carbocycles. The summed E-state index contributed by atoms with van der Waals surface area (Å²) in [5.41, 5.74) is 7.99. The van der Waals surface area contributed by atoms with E-state index in [1.165, 1.54) is 32.7 Å². The molecule has 14 heteroatoms. The number of nitriles is 4. The maximum atomic E-state index is 9.29. The van der Waals surface area contributed by atoms with E-state index in [-0.39, 0.29) is 67.5 Å². The van der Waals surface area contributed by atoms with Gasteiger partial charge in [0.1, 0.15) is 46.3 Å². The Hall–Kier alpha value is -11.9. The summed E-state index contributed by atoms with van der Waals surface area (Å²) in [4.78, 5) is 35.8. The smallest absolute Gasteiger partial charge is 0.294 e. The van der Waals surface area contributed by atoms with Crippen molar-refractivity contribution in [3.05, 3.63) is 240 Å². The van der Waals surface area contributed by atoms with E-state index in [0.717, 1.165) is 34.1 Å². The van der Waals surface area contributed by atoms with Crippen molar-refractivity contribution in [3.63, 3.8) is 0 Å². The predicted molar refractivity (Wildman–Crippen MR) is 293 cm³/mol. The van der Waals surface area contributed by atoms with Gasteiger partial charge in [0, 0.05) is 33.5 Å².